The van der Waals surface area contributed by atoms with Crippen molar-refractivity contribution in [3.8, 4) is 11.5 Å². The third-order valence-electron chi connectivity index (χ3n) is 6.42. The van der Waals surface area contributed by atoms with Gasteiger partial charge in [0.1, 0.15) is 11.5 Å². The molecule has 1 aliphatic heterocycles. The van der Waals surface area contributed by atoms with Crippen LogP contribution in [0.25, 0.3) is 6.08 Å². The van der Waals surface area contributed by atoms with Crippen molar-refractivity contribution in [3.63, 3.8) is 0 Å². The summed E-state index contributed by atoms with van der Waals surface area (Å²) in [6.45, 7) is 3.67. The minimum absolute atomic E-state index is 0.195. The first kappa shape index (κ1) is 28.1. The van der Waals surface area contributed by atoms with Gasteiger partial charge in [-0.25, -0.2) is 14.6 Å². The van der Waals surface area contributed by atoms with Crippen LogP contribution in [0.3, 0.4) is 0 Å². The Balaban J connectivity index is 1.50. The molecule has 0 N–H and O–H groups in total. The van der Waals surface area contributed by atoms with Gasteiger partial charge in [-0.15, -0.1) is 0 Å². The second kappa shape index (κ2) is 12.0. The fraction of sp³-hybridized carbons (Fsp3) is 0.161. The molecule has 0 saturated carbocycles. The molecule has 0 saturated heterocycles. The van der Waals surface area contributed by atoms with E-state index in [0.717, 1.165) is 11.1 Å². The van der Waals surface area contributed by atoms with Gasteiger partial charge < -0.3 is 14.2 Å². The van der Waals surface area contributed by atoms with E-state index in [1.807, 2.05) is 12.1 Å². The number of ether oxygens (including phenoxy) is 3. The minimum Gasteiger partial charge on any atom is -0.497 e. The average Bonchev–Trinajstić information content (AvgIpc) is 3.27. The zero-order valence-electron chi connectivity index (χ0n) is 22.4. The van der Waals surface area contributed by atoms with Crippen LogP contribution in [0.4, 0.5) is 0 Å². The molecule has 2 heterocycles. The van der Waals surface area contributed by atoms with Gasteiger partial charge in [0, 0.05) is 5.02 Å². The van der Waals surface area contributed by atoms with Crippen LogP contribution in [0.2, 0.25) is 5.02 Å². The molecule has 41 heavy (non-hydrogen) atoms. The van der Waals surface area contributed by atoms with Crippen molar-refractivity contribution in [2.45, 2.75) is 19.9 Å². The molecule has 0 radical (unpaired) electrons. The van der Waals surface area contributed by atoms with Crippen LogP contribution >= 0.6 is 22.9 Å². The second-order valence-corrected chi connectivity index (χ2v) is 10.5. The molecule has 1 aromatic heterocycles. The Hall–Kier alpha value is -4.47. The van der Waals surface area contributed by atoms with Crippen LogP contribution in [0, 0.1) is 0 Å². The first-order valence-electron chi connectivity index (χ1n) is 12.7. The van der Waals surface area contributed by atoms with Crippen LogP contribution in [-0.2, 0) is 9.53 Å². The van der Waals surface area contributed by atoms with E-state index in [1.165, 1.54) is 15.9 Å². The number of carbonyl (C=O) groups excluding carboxylic acids is 2. The minimum atomic E-state index is -0.715. The van der Waals surface area contributed by atoms with Crippen molar-refractivity contribution in [2.75, 3.05) is 13.7 Å². The van der Waals surface area contributed by atoms with Crippen LogP contribution in [0.5, 0.6) is 11.5 Å². The maximum atomic E-state index is 13.8. The summed E-state index contributed by atoms with van der Waals surface area (Å²) in [5.41, 5.74) is 2.34. The summed E-state index contributed by atoms with van der Waals surface area (Å²) >= 11 is 7.11. The fourth-order valence-electron chi connectivity index (χ4n) is 4.43. The highest BCUT2D eigenvalue weighted by atomic mass is 35.5. The Morgan fingerprint density at radius 1 is 0.976 bits per heavy atom. The number of esters is 2. The van der Waals surface area contributed by atoms with E-state index < -0.39 is 18.0 Å². The molecule has 3 aromatic carbocycles. The number of halogens is 1. The smallest absolute Gasteiger partial charge is 0.343 e. The molecule has 0 bridgehead atoms. The van der Waals surface area contributed by atoms with Crippen LogP contribution in [0.15, 0.2) is 93.9 Å². The van der Waals surface area contributed by atoms with Crippen molar-refractivity contribution in [2.24, 2.45) is 4.99 Å². The molecule has 10 heteroatoms. The normalized spacial score (nSPS) is 14.7. The first-order valence-corrected chi connectivity index (χ1v) is 13.9. The summed E-state index contributed by atoms with van der Waals surface area (Å²) in [5, 5.41) is 0.527. The second-order valence-electron chi connectivity index (χ2n) is 9.04. The van der Waals surface area contributed by atoms with Gasteiger partial charge in [0.15, 0.2) is 4.80 Å². The lowest BCUT2D eigenvalue weighted by atomic mass is 9.96. The number of rotatable bonds is 7. The quantitative estimate of drug-likeness (QED) is 0.230. The van der Waals surface area contributed by atoms with Gasteiger partial charge in [0.25, 0.3) is 5.56 Å². The molecule has 0 spiro atoms. The molecule has 0 unspecified atom stereocenters. The Bertz CT molecular complexity index is 1820. The first-order chi connectivity index (χ1) is 19.8. The molecule has 0 aliphatic carbocycles. The Morgan fingerprint density at radius 2 is 1.63 bits per heavy atom. The predicted octanol–water partition coefficient (Wildman–Crippen LogP) is 4.68. The lowest BCUT2D eigenvalue weighted by Gasteiger charge is -2.24. The summed E-state index contributed by atoms with van der Waals surface area (Å²) in [4.78, 5) is 44.3. The molecule has 5 rings (SSSR count). The highest BCUT2D eigenvalue weighted by Gasteiger charge is 2.33. The maximum absolute atomic E-state index is 13.8. The lowest BCUT2D eigenvalue weighted by Crippen LogP contribution is -2.39. The molecule has 0 fully saturated rings. The third-order valence-corrected chi connectivity index (χ3v) is 7.65. The van der Waals surface area contributed by atoms with E-state index in [0.29, 0.717) is 42.7 Å². The van der Waals surface area contributed by atoms with E-state index in [-0.39, 0.29) is 12.2 Å². The van der Waals surface area contributed by atoms with Gasteiger partial charge in [0.2, 0.25) is 0 Å². The monoisotopic (exact) mass is 588 g/mol. The lowest BCUT2D eigenvalue weighted by molar-refractivity contribution is -0.139. The SMILES string of the molecule is CCOC(=O)C1=C(C)N=c2sc(=Cc3ccc(OC(=O)c4ccc(Cl)cc4)cc3)c(=O)n2[C@H]1c1ccc(OC)cc1. The zero-order chi connectivity index (χ0) is 29.1. The summed E-state index contributed by atoms with van der Waals surface area (Å²) < 4.78 is 18.0. The van der Waals surface area contributed by atoms with Crippen molar-refractivity contribution < 1.29 is 23.8 Å². The van der Waals surface area contributed by atoms with E-state index in [1.54, 1.807) is 87.7 Å². The van der Waals surface area contributed by atoms with Gasteiger partial charge in [-0.2, -0.15) is 0 Å². The van der Waals surface area contributed by atoms with Gasteiger partial charge in [0.05, 0.1) is 41.1 Å². The Labute approximate surface area is 244 Å². The number of allylic oxidation sites excluding steroid dienone is 1. The molecular weight excluding hydrogens is 564 g/mol. The Kier molecular flexibility index (Phi) is 8.19. The molecule has 208 valence electrons. The summed E-state index contributed by atoms with van der Waals surface area (Å²) in [7, 11) is 1.57. The number of nitrogens with zero attached hydrogens (tertiary/aromatic N) is 2. The Morgan fingerprint density at radius 3 is 2.27 bits per heavy atom. The van der Waals surface area contributed by atoms with Gasteiger partial charge in [-0.3, -0.25) is 9.36 Å². The van der Waals surface area contributed by atoms with E-state index in [2.05, 4.69) is 4.99 Å². The van der Waals surface area contributed by atoms with Crippen molar-refractivity contribution in [1.82, 2.24) is 4.57 Å². The largest absolute Gasteiger partial charge is 0.497 e. The molecule has 1 aliphatic rings. The number of hydrogen-bond acceptors (Lipinski definition) is 8. The van der Waals surface area contributed by atoms with E-state index >= 15 is 0 Å². The number of thiazole rings is 1. The van der Waals surface area contributed by atoms with Crippen molar-refractivity contribution in [3.05, 3.63) is 125 Å². The summed E-state index contributed by atoms with van der Waals surface area (Å²) in [6, 6.07) is 19.7. The summed E-state index contributed by atoms with van der Waals surface area (Å²) in [5.74, 6) is -0.0128. The molecular formula is C31H25ClN2O6S. The van der Waals surface area contributed by atoms with Crippen molar-refractivity contribution >= 4 is 41.0 Å². The molecule has 0 amide bonds. The number of methoxy groups -OCH3 is 1. The fourth-order valence-corrected chi connectivity index (χ4v) is 5.60. The van der Waals surface area contributed by atoms with Gasteiger partial charge in [-0.1, -0.05) is 47.2 Å². The molecule has 8 nitrogen and oxygen atoms in total. The predicted molar refractivity (Wildman–Crippen MR) is 156 cm³/mol. The average molecular weight is 589 g/mol. The number of aromatic nitrogens is 1. The standard InChI is InChI=1S/C31H25ClN2O6S/c1-4-39-30(37)26-18(2)33-31-34(27(26)20-9-15-23(38-3)16-10-20)28(35)25(41-31)17-19-5-13-24(14-6-19)40-29(36)21-7-11-22(32)12-8-21/h5-17,27H,4H2,1-3H3/t27-/m0/s1. The number of hydrogen-bond donors (Lipinski definition) is 0. The maximum Gasteiger partial charge on any atom is 0.343 e. The topological polar surface area (TPSA) is 96.2 Å². The zero-order valence-corrected chi connectivity index (χ0v) is 24.0. The van der Waals surface area contributed by atoms with Crippen LogP contribution in [-0.4, -0.2) is 30.2 Å². The van der Waals surface area contributed by atoms with E-state index in [4.69, 9.17) is 25.8 Å². The highest BCUT2D eigenvalue weighted by Crippen LogP contribution is 2.31. The highest BCUT2D eigenvalue weighted by molar-refractivity contribution is 7.07. The number of benzene rings is 3. The van der Waals surface area contributed by atoms with Gasteiger partial charge in [-0.05, 0) is 79.6 Å². The summed E-state index contributed by atoms with van der Waals surface area (Å²) in [6.07, 6.45) is 1.74. The van der Waals surface area contributed by atoms with E-state index in [9.17, 15) is 14.4 Å². The molecule has 1 atom stereocenters. The number of fused-ring (bicyclic) bond motifs is 1. The van der Waals surface area contributed by atoms with Crippen molar-refractivity contribution in [1.29, 1.82) is 0 Å². The van der Waals surface area contributed by atoms with Crippen LogP contribution < -0.4 is 24.4 Å². The van der Waals surface area contributed by atoms with Gasteiger partial charge >= 0.3 is 11.9 Å². The van der Waals surface area contributed by atoms with Crippen LogP contribution in [0.1, 0.15) is 41.4 Å². The molecule has 4 aromatic rings. The third kappa shape index (κ3) is 5.86. The number of carbonyl (C=O) groups is 2.